The molecule has 3 rings (SSSR count). The predicted octanol–water partition coefficient (Wildman–Crippen LogP) is 2.69. The van der Waals surface area contributed by atoms with E-state index in [9.17, 15) is 9.59 Å². The van der Waals surface area contributed by atoms with Crippen molar-refractivity contribution < 1.29 is 9.21 Å². The molecule has 1 atom stereocenters. The van der Waals surface area contributed by atoms with Crippen molar-refractivity contribution in [3.63, 3.8) is 0 Å². The summed E-state index contributed by atoms with van der Waals surface area (Å²) in [6.07, 6.45) is 3.18. The first-order chi connectivity index (χ1) is 13.5. The fraction of sp³-hybridized carbons (Fsp3) is 0.286. The second-order valence-electron chi connectivity index (χ2n) is 6.75. The van der Waals surface area contributed by atoms with Crippen LogP contribution in [0.25, 0.3) is 0 Å². The molecule has 146 valence electrons. The monoisotopic (exact) mass is 380 g/mol. The molecule has 7 heteroatoms. The second-order valence-corrected chi connectivity index (χ2v) is 6.75. The summed E-state index contributed by atoms with van der Waals surface area (Å²) >= 11 is 0. The normalized spacial score (nSPS) is 11.8. The SMILES string of the molecule is C[C@@H](c1ccco1)N(C)C(=O)Cn1ncc(N(C)Cc2ccccc2)cc1=O. The van der Waals surface area contributed by atoms with E-state index in [1.54, 1.807) is 30.5 Å². The van der Waals surface area contributed by atoms with Crippen molar-refractivity contribution in [1.29, 1.82) is 0 Å². The minimum absolute atomic E-state index is 0.122. The molecule has 1 aromatic carbocycles. The summed E-state index contributed by atoms with van der Waals surface area (Å²) in [5, 5.41) is 4.18. The Hall–Kier alpha value is -3.35. The van der Waals surface area contributed by atoms with Crippen LogP contribution >= 0.6 is 0 Å². The highest BCUT2D eigenvalue weighted by Gasteiger charge is 2.20. The lowest BCUT2D eigenvalue weighted by Crippen LogP contribution is -2.36. The molecule has 7 nitrogen and oxygen atoms in total. The number of likely N-dealkylation sites (N-methyl/N-ethyl adjacent to an activating group) is 1. The van der Waals surface area contributed by atoms with E-state index >= 15 is 0 Å². The number of hydrogen-bond acceptors (Lipinski definition) is 5. The van der Waals surface area contributed by atoms with Crippen molar-refractivity contribution in [2.45, 2.75) is 26.1 Å². The molecular formula is C21H24N4O3. The molecule has 28 heavy (non-hydrogen) atoms. The van der Waals surface area contributed by atoms with Crippen LogP contribution in [0.5, 0.6) is 0 Å². The summed E-state index contributed by atoms with van der Waals surface area (Å²) in [6.45, 7) is 2.41. The highest BCUT2D eigenvalue weighted by atomic mass is 16.3. The number of rotatable bonds is 7. The van der Waals surface area contributed by atoms with Gasteiger partial charge in [0.05, 0.1) is 24.2 Å². The number of furan rings is 1. The van der Waals surface area contributed by atoms with Gasteiger partial charge in [0.15, 0.2) is 0 Å². The minimum Gasteiger partial charge on any atom is -0.467 e. The van der Waals surface area contributed by atoms with Gasteiger partial charge in [0.2, 0.25) is 5.91 Å². The fourth-order valence-corrected chi connectivity index (χ4v) is 2.88. The Bertz CT molecular complexity index is 967. The smallest absolute Gasteiger partial charge is 0.269 e. The standard InChI is InChI=1S/C21H24N4O3/c1-16(19-10-7-11-28-19)24(3)21(27)15-25-20(26)12-18(13-22-25)23(2)14-17-8-5-4-6-9-17/h4-13,16H,14-15H2,1-3H3/t16-/m0/s1. The van der Waals surface area contributed by atoms with Gasteiger partial charge in [-0.15, -0.1) is 0 Å². The summed E-state index contributed by atoms with van der Waals surface area (Å²) in [5.41, 5.74) is 1.53. The van der Waals surface area contributed by atoms with Crippen molar-refractivity contribution in [2.75, 3.05) is 19.0 Å². The van der Waals surface area contributed by atoms with Crippen LogP contribution in [0.15, 0.2) is 70.2 Å². The fourth-order valence-electron chi connectivity index (χ4n) is 2.88. The number of carbonyl (C=O) groups is 1. The lowest BCUT2D eigenvalue weighted by Gasteiger charge is -2.23. The first-order valence-electron chi connectivity index (χ1n) is 9.07. The van der Waals surface area contributed by atoms with E-state index in [1.807, 2.05) is 55.3 Å². The topological polar surface area (TPSA) is 71.6 Å². The van der Waals surface area contributed by atoms with Crippen LogP contribution in [0.3, 0.4) is 0 Å². The number of nitrogens with zero attached hydrogens (tertiary/aromatic N) is 4. The Morgan fingerprint density at radius 1 is 1.18 bits per heavy atom. The maximum Gasteiger partial charge on any atom is 0.269 e. The number of anilines is 1. The zero-order chi connectivity index (χ0) is 20.1. The van der Waals surface area contributed by atoms with Gasteiger partial charge in [-0.3, -0.25) is 9.59 Å². The predicted molar refractivity (Wildman–Crippen MR) is 107 cm³/mol. The average Bonchev–Trinajstić information content (AvgIpc) is 3.23. The molecule has 0 aliphatic carbocycles. The van der Waals surface area contributed by atoms with E-state index in [4.69, 9.17) is 4.42 Å². The van der Waals surface area contributed by atoms with Crippen LogP contribution in [0, 0.1) is 0 Å². The molecule has 0 unspecified atom stereocenters. The van der Waals surface area contributed by atoms with Gasteiger partial charge in [0.1, 0.15) is 12.3 Å². The molecule has 0 bridgehead atoms. The number of hydrogen-bond donors (Lipinski definition) is 0. The third-order valence-electron chi connectivity index (χ3n) is 4.77. The summed E-state index contributed by atoms with van der Waals surface area (Å²) < 4.78 is 6.52. The van der Waals surface area contributed by atoms with Crippen LogP contribution in [0.2, 0.25) is 0 Å². The zero-order valence-corrected chi connectivity index (χ0v) is 16.3. The first-order valence-corrected chi connectivity index (χ1v) is 9.07. The van der Waals surface area contributed by atoms with E-state index in [-0.39, 0.29) is 24.1 Å². The maximum absolute atomic E-state index is 12.5. The molecule has 0 aliphatic rings. The Balaban J connectivity index is 1.67. The van der Waals surface area contributed by atoms with Gasteiger partial charge in [-0.25, -0.2) is 4.68 Å². The molecule has 2 heterocycles. The largest absolute Gasteiger partial charge is 0.467 e. The molecule has 0 fully saturated rings. The molecule has 0 aliphatic heterocycles. The maximum atomic E-state index is 12.5. The number of amides is 1. The Kier molecular flexibility index (Phi) is 5.93. The molecule has 0 radical (unpaired) electrons. The van der Waals surface area contributed by atoms with Gasteiger partial charge in [-0.1, -0.05) is 30.3 Å². The third-order valence-corrected chi connectivity index (χ3v) is 4.77. The van der Waals surface area contributed by atoms with E-state index in [1.165, 1.54) is 10.7 Å². The highest BCUT2D eigenvalue weighted by molar-refractivity contribution is 5.76. The Labute approximate surface area is 163 Å². The molecule has 0 N–H and O–H groups in total. The van der Waals surface area contributed by atoms with Crippen molar-refractivity contribution in [3.05, 3.63) is 82.7 Å². The molecular weight excluding hydrogens is 356 g/mol. The van der Waals surface area contributed by atoms with Crippen molar-refractivity contribution >= 4 is 11.6 Å². The van der Waals surface area contributed by atoms with Gasteiger partial charge >= 0.3 is 0 Å². The Morgan fingerprint density at radius 2 is 1.93 bits per heavy atom. The minimum atomic E-state index is -0.315. The molecule has 0 spiro atoms. The molecule has 0 saturated carbocycles. The zero-order valence-electron chi connectivity index (χ0n) is 16.3. The number of carbonyl (C=O) groups excluding carboxylic acids is 1. The summed E-state index contributed by atoms with van der Waals surface area (Å²) in [4.78, 5) is 28.5. The molecule has 3 aromatic rings. The number of aromatic nitrogens is 2. The molecule has 1 amide bonds. The first kappa shape index (κ1) is 19.4. The average molecular weight is 380 g/mol. The lowest BCUT2D eigenvalue weighted by atomic mass is 10.2. The van der Waals surface area contributed by atoms with Crippen LogP contribution < -0.4 is 10.5 Å². The van der Waals surface area contributed by atoms with Crippen LogP contribution in [0.1, 0.15) is 24.3 Å². The molecule has 0 saturated heterocycles. The third kappa shape index (κ3) is 4.49. The van der Waals surface area contributed by atoms with E-state index in [0.29, 0.717) is 18.0 Å². The van der Waals surface area contributed by atoms with E-state index in [2.05, 4.69) is 5.10 Å². The number of benzene rings is 1. The van der Waals surface area contributed by atoms with Gasteiger partial charge in [-0.05, 0) is 24.6 Å². The van der Waals surface area contributed by atoms with Crippen molar-refractivity contribution in [2.24, 2.45) is 0 Å². The summed E-state index contributed by atoms with van der Waals surface area (Å²) in [6, 6.07) is 14.8. The quantitative estimate of drug-likeness (QED) is 0.630. The van der Waals surface area contributed by atoms with E-state index in [0.717, 1.165) is 5.56 Å². The van der Waals surface area contributed by atoms with Crippen LogP contribution in [0.4, 0.5) is 5.69 Å². The van der Waals surface area contributed by atoms with E-state index < -0.39 is 0 Å². The van der Waals surface area contributed by atoms with Crippen molar-refractivity contribution in [3.8, 4) is 0 Å². The second kappa shape index (κ2) is 8.56. The highest BCUT2D eigenvalue weighted by Crippen LogP contribution is 2.19. The van der Waals surface area contributed by atoms with Gasteiger partial charge in [-0.2, -0.15) is 5.10 Å². The van der Waals surface area contributed by atoms with Crippen molar-refractivity contribution in [1.82, 2.24) is 14.7 Å². The van der Waals surface area contributed by atoms with Crippen LogP contribution in [-0.2, 0) is 17.9 Å². The Morgan fingerprint density at radius 3 is 2.57 bits per heavy atom. The molecule has 2 aromatic heterocycles. The van der Waals surface area contributed by atoms with Crippen LogP contribution in [-0.4, -0.2) is 34.7 Å². The summed E-state index contributed by atoms with van der Waals surface area (Å²) in [5.74, 6) is 0.470. The van der Waals surface area contributed by atoms with Gasteiger partial charge in [0.25, 0.3) is 5.56 Å². The summed E-state index contributed by atoms with van der Waals surface area (Å²) in [7, 11) is 3.58. The lowest BCUT2D eigenvalue weighted by molar-refractivity contribution is -0.133. The van der Waals surface area contributed by atoms with Gasteiger partial charge in [0, 0.05) is 26.7 Å². The van der Waals surface area contributed by atoms with Gasteiger partial charge < -0.3 is 14.2 Å².